The summed E-state index contributed by atoms with van der Waals surface area (Å²) >= 11 is 3.54. The van der Waals surface area contributed by atoms with Gasteiger partial charge in [-0.05, 0) is 42.5 Å². The van der Waals surface area contributed by atoms with Gasteiger partial charge in [0.1, 0.15) is 6.10 Å². The van der Waals surface area contributed by atoms with Gasteiger partial charge in [0.2, 0.25) is 0 Å². The van der Waals surface area contributed by atoms with Gasteiger partial charge in [-0.15, -0.1) is 0 Å². The number of anilines is 1. The molecule has 0 unspecified atom stereocenters. The van der Waals surface area contributed by atoms with Crippen molar-refractivity contribution >= 4 is 45.4 Å². The number of halogens is 1. The van der Waals surface area contributed by atoms with Crippen molar-refractivity contribution in [2.75, 3.05) is 18.5 Å². The molecule has 31 heavy (non-hydrogen) atoms. The van der Waals surface area contributed by atoms with Crippen molar-refractivity contribution in [3.8, 4) is 0 Å². The van der Waals surface area contributed by atoms with Gasteiger partial charge >= 0.3 is 17.9 Å². The van der Waals surface area contributed by atoms with Crippen LogP contribution >= 0.6 is 15.9 Å². The lowest BCUT2D eigenvalue weighted by atomic mass is 9.80. The second-order valence-electron chi connectivity index (χ2n) is 8.69. The van der Waals surface area contributed by atoms with Crippen molar-refractivity contribution < 1.29 is 33.4 Å². The quantitative estimate of drug-likeness (QED) is 0.353. The van der Waals surface area contributed by atoms with Crippen LogP contribution < -0.4 is 5.32 Å². The molecule has 166 valence electrons. The fourth-order valence-corrected chi connectivity index (χ4v) is 5.78. The largest absolute Gasteiger partial charge is 0.462 e. The molecule has 1 N–H and O–H groups in total. The van der Waals surface area contributed by atoms with Gasteiger partial charge in [-0.2, -0.15) is 0 Å². The number of hydrogen-bond acceptors (Lipinski definition) is 7. The number of carbonyl (C=O) groups is 4. The maximum Gasteiger partial charge on any atom is 0.338 e. The highest BCUT2D eigenvalue weighted by molar-refractivity contribution is 9.09. The predicted molar refractivity (Wildman–Crippen MR) is 112 cm³/mol. The highest BCUT2D eigenvalue weighted by Crippen LogP contribution is 2.60. The molecule has 0 radical (unpaired) electrons. The Morgan fingerprint density at radius 2 is 1.87 bits per heavy atom. The third-order valence-electron chi connectivity index (χ3n) is 6.09. The van der Waals surface area contributed by atoms with E-state index in [0.29, 0.717) is 17.9 Å². The van der Waals surface area contributed by atoms with Gasteiger partial charge in [-0.3, -0.25) is 14.4 Å². The lowest BCUT2D eigenvalue weighted by Gasteiger charge is -2.26. The van der Waals surface area contributed by atoms with E-state index in [2.05, 4.69) is 21.2 Å². The summed E-state index contributed by atoms with van der Waals surface area (Å²) in [6.45, 7) is 3.78. The third-order valence-corrected chi connectivity index (χ3v) is 7.29. The van der Waals surface area contributed by atoms with Crippen molar-refractivity contribution in [2.24, 2.45) is 29.6 Å². The molecule has 1 heterocycles. The van der Waals surface area contributed by atoms with Gasteiger partial charge in [0.05, 0.1) is 28.8 Å². The molecular weight excluding hydrogens is 470 g/mol. The molecule has 0 aromatic heterocycles. The van der Waals surface area contributed by atoms with Crippen LogP contribution in [0.15, 0.2) is 24.3 Å². The van der Waals surface area contributed by atoms with E-state index in [9.17, 15) is 19.2 Å². The number of esters is 3. The summed E-state index contributed by atoms with van der Waals surface area (Å²) in [7, 11) is 0. The monoisotopic (exact) mass is 493 g/mol. The number of ether oxygens (including phenoxy) is 3. The predicted octanol–water partition coefficient (Wildman–Crippen LogP) is 2.55. The summed E-state index contributed by atoms with van der Waals surface area (Å²) in [6, 6.07) is 6.26. The molecule has 1 saturated heterocycles. The lowest BCUT2D eigenvalue weighted by Crippen LogP contribution is -2.39. The fourth-order valence-electron chi connectivity index (χ4n) is 4.74. The summed E-state index contributed by atoms with van der Waals surface area (Å²) in [4.78, 5) is 48.8. The molecule has 2 saturated carbocycles. The van der Waals surface area contributed by atoms with Crippen molar-refractivity contribution in [1.29, 1.82) is 0 Å². The van der Waals surface area contributed by atoms with Crippen molar-refractivity contribution in [1.82, 2.24) is 0 Å². The minimum atomic E-state index is -0.579. The Morgan fingerprint density at radius 3 is 2.55 bits per heavy atom. The van der Waals surface area contributed by atoms with Crippen LogP contribution in [0.3, 0.4) is 0 Å². The number of rotatable bonds is 7. The average molecular weight is 494 g/mol. The van der Waals surface area contributed by atoms with Crippen molar-refractivity contribution in [3.05, 3.63) is 29.8 Å². The number of fused-ring (bicyclic) bond motifs is 1. The summed E-state index contributed by atoms with van der Waals surface area (Å²) in [5.74, 6) is -2.62. The standard InChI is InChI=1S/C22H24BrNO7/c1-10(2)8-29-20(26)11-3-5-12(6-4-11)24-15(25)9-30-21(27)16-13-7-14-17(16)22(28)31-19(14)18(13)23/h3-6,10,13-14,16-19H,7-9H2,1-2H3,(H,24,25)/t13-,14-,16-,17-,18-,19+/m1/s1. The first-order chi connectivity index (χ1) is 14.8. The number of amides is 1. The number of hydrogen-bond donors (Lipinski definition) is 1. The zero-order chi connectivity index (χ0) is 22.3. The first kappa shape index (κ1) is 21.8. The average Bonchev–Trinajstić information content (AvgIpc) is 3.35. The van der Waals surface area contributed by atoms with Crippen LogP contribution in [0.1, 0.15) is 30.6 Å². The number of benzene rings is 1. The summed E-state index contributed by atoms with van der Waals surface area (Å²) in [5.41, 5.74) is 0.844. The molecule has 6 atom stereocenters. The Balaban J connectivity index is 1.27. The molecule has 1 amide bonds. The Kier molecular flexibility index (Phi) is 6.05. The highest BCUT2D eigenvalue weighted by Gasteiger charge is 2.68. The summed E-state index contributed by atoms with van der Waals surface area (Å²) < 4.78 is 15.8. The first-order valence-electron chi connectivity index (χ1n) is 10.3. The zero-order valence-electron chi connectivity index (χ0n) is 17.2. The van der Waals surface area contributed by atoms with Gasteiger partial charge in [-0.25, -0.2) is 4.79 Å². The Bertz CT molecular complexity index is 900. The molecular formula is C22H24BrNO7. The molecule has 9 heteroatoms. The van der Waals surface area contributed by atoms with Gasteiger partial charge < -0.3 is 19.5 Å². The minimum Gasteiger partial charge on any atom is -0.462 e. The molecule has 3 aliphatic rings. The first-order valence-corrected chi connectivity index (χ1v) is 11.3. The van der Waals surface area contributed by atoms with Crippen LogP contribution in [0.2, 0.25) is 0 Å². The minimum absolute atomic E-state index is 0.0231. The summed E-state index contributed by atoms with van der Waals surface area (Å²) in [6.07, 6.45) is 0.579. The van der Waals surface area contributed by atoms with Crippen LogP contribution in [0.5, 0.6) is 0 Å². The van der Waals surface area contributed by atoms with Gasteiger partial charge in [-0.1, -0.05) is 29.8 Å². The maximum absolute atomic E-state index is 12.6. The number of carbonyl (C=O) groups excluding carboxylic acids is 4. The number of alkyl halides is 1. The van der Waals surface area contributed by atoms with Gasteiger partial charge in [0, 0.05) is 11.6 Å². The van der Waals surface area contributed by atoms with Crippen molar-refractivity contribution in [2.45, 2.75) is 31.2 Å². The van der Waals surface area contributed by atoms with Gasteiger partial charge in [0.15, 0.2) is 6.61 Å². The van der Waals surface area contributed by atoms with Crippen LogP contribution in [0.25, 0.3) is 0 Å². The Labute approximate surface area is 188 Å². The van der Waals surface area contributed by atoms with E-state index in [1.165, 1.54) is 0 Å². The molecule has 1 aromatic carbocycles. The second kappa shape index (κ2) is 8.61. The number of nitrogens with one attached hydrogen (secondary N) is 1. The molecule has 4 rings (SSSR count). The highest BCUT2D eigenvalue weighted by atomic mass is 79.9. The zero-order valence-corrected chi connectivity index (χ0v) is 18.8. The van der Waals surface area contributed by atoms with Gasteiger partial charge in [0.25, 0.3) is 5.91 Å². The van der Waals surface area contributed by atoms with E-state index in [0.717, 1.165) is 6.42 Å². The van der Waals surface area contributed by atoms with E-state index in [4.69, 9.17) is 14.2 Å². The molecule has 3 fully saturated rings. The maximum atomic E-state index is 12.6. The Morgan fingerprint density at radius 1 is 1.16 bits per heavy atom. The normalized spacial score (nSPS) is 30.3. The molecule has 2 bridgehead atoms. The van der Waals surface area contributed by atoms with E-state index >= 15 is 0 Å². The van der Waals surface area contributed by atoms with Crippen LogP contribution in [-0.2, 0) is 28.6 Å². The topological polar surface area (TPSA) is 108 Å². The van der Waals surface area contributed by atoms with E-state index in [-0.39, 0.29) is 34.7 Å². The molecule has 2 aliphatic carbocycles. The molecule has 8 nitrogen and oxygen atoms in total. The third kappa shape index (κ3) is 4.20. The molecule has 1 aliphatic heterocycles. The smallest absolute Gasteiger partial charge is 0.338 e. The van der Waals surface area contributed by atoms with Crippen LogP contribution in [0, 0.1) is 29.6 Å². The van der Waals surface area contributed by atoms with Crippen molar-refractivity contribution in [3.63, 3.8) is 0 Å². The summed E-state index contributed by atoms with van der Waals surface area (Å²) in [5, 5.41) is 2.62. The fraction of sp³-hybridized carbons (Fsp3) is 0.545. The van der Waals surface area contributed by atoms with E-state index in [1.54, 1.807) is 24.3 Å². The van der Waals surface area contributed by atoms with E-state index in [1.807, 2.05) is 13.8 Å². The lowest BCUT2D eigenvalue weighted by molar-refractivity contribution is -0.157. The van der Waals surface area contributed by atoms with Crippen LogP contribution in [-0.4, -0.2) is 48.0 Å². The van der Waals surface area contributed by atoms with E-state index < -0.39 is 36.3 Å². The van der Waals surface area contributed by atoms with Crippen LogP contribution in [0.4, 0.5) is 5.69 Å². The molecule has 0 spiro atoms. The second-order valence-corrected chi connectivity index (χ2v) is 9.74. The Hall–Kier alpha value is -2.42. The molecule has 1 aromatic rings. The SMILES string of the molecule is CC(C)COC(=O)c1ccc(NC(=O)COC(=O)[C@@H]2[C@H]3C[C@H]4[C@H](OC(=O)[C@H]42)[C@@H]3Br)cc1.